The molecule has 0 spiro atoms. The number of benzene rings is 1. The van der Waals surface area contributed by atoms with Crippen LogP contribution in [0.1, 0.15) is 30.6 Å². The number of aliphatic carboxylic acids is 1. The number of halogens is 1. The molecule has 18 heavy (non-hydrogen) atoms. The van der Waals surface area contributed by atoms with E-state index in [-0.39, 0.29) is 17.7 Å². The Balaban J connectivity index is 3.08. The quantitative estimate of drug-likeness (QED) is 0.744. The number of carbonyl (C=O) groups excluding carboxylic acids is 1. The maximum Gasteiger partial charge on any atom is 0.305 e. The van der Waals surface area contributed by atoms with Gasteiger partial charge in [-0.2, -0.15) is 0 Å². The summed E-state index contributed by atoms with van der Waals surface area (Å²) in [5.41, 5.74) is 4.19. The van der Waals surface area contributed by atoms with E-state index in [1.165, 1.54) is 12.1 Å². The van der Waals surface area contributed by atoms with E-state index in [1.807, 2.05) is 0 Å². The summed E-state index contributed by atoms with van der Waals surface area (Å²) in [4.78, 5) is 21.9. The van der Waals surface area contributed by atoms with Gasteiger partial charge in [-0.3, -0.25) is 9.59 Å². The van der Waals surface area contributed by atoms with E-state index >= 15 is 0 Å². The summed E-state index contributed by atoms with van der Waals surface area (Å²) in [6.45, 7) is 3.27. The molecule has 1 aromatic rings. The molecule has 1 aromatic carbocycles. The lowest BCUT2D eigenvalue weighted by Crippen LogP contribution is -2.34. The maximum absolute atomic E-state index is 13.5. The van der Waals surface area contributed by atoms with Gasteiger partial charge >= 0.3 is 5.97 Å². The highest BCUT2D eigenvalue weighted by atomic mass is 19.1. The Bertz CT molecular complexity index is 486. The van der Waals surface area contributed by atoms with Crippen LogP contribution in [0.15, 0.2) is 18.2 Å². The van der Waals surface area contributed by atoms with E-state index in [0.29, 0.717) is 0 Å². The van der Waals surface area contributed by atoms with Crippen LogP contribution in [0, 0.1) is 5.82 Å². The second-order valence-electron chi connectivity index (χ2n) is 4.61. The highest BCUT2D eigenvalue weighted by Gasteiger charge is 2.24. The number of primary amides is 1. The number of rotatable bonds is 5. The molecule has 98 valence electrons. The number of carboxylic acids is 1. The lowest BCUT2D eigenvalue weighted by atomic mass is 9.99. The van der Waals surface area contributed by atoms with Crippen LogP contribution >= 0.6 is 0 Å². The van der Waals surface area contributed by atoms with E-state index < -0.39 is 23.2 Å². The number of hydrogen-bond acceptors (Lipinski definition) is 3. The molecule has 1 amide bonds. The van der Waals surface area contributed by atoms with Crippen molar-refractivity contribution in [3.8, 4) is 0 Å². The topological polar surface area (TPSA) is 92.4 Å². The molecule has 0 unspecified atom stereocenters. The summed E-state index contributed by atoms with van der Waals surface area (Å²) >= 11 is 0. The molecule has 0 radical (unpaired) electrons. The standard InChI is InChI=1S/C12H15FN2O3/c1-12(2,6-9(16)17)15-8-5-3-4-7(13)10(8)11(14)18/h3-5,15H,6H2,1-2H3,(H2,14,18)(H,16,17). The summed E-state index contributed by atoms with van der Waals surface area (Å²) in [5, 5.41) is 11.6. The van der Waals surface area contributed by atoms with Crippen molar-refractivity contribution in [1.82, 2.24) is 0 Å². The second-order valence-corrected chi connectivity index (χ2v) is 4.61. The number of hydrogen-bond donors (Lipinski definition) is 3. The normalized spacial score (nSPS) is 11.1. The third-order valence-corrected chi connectivity index (χ3v) is 2.33. The van der Waals surface area contributed by atoms with Crippen molar-refractivity contribution >= 4 is 17.6 Å². The highest BCUT2D eigenvalue weighted by molar-refractivity contribution is 5.98. The molecule has 1 rings (SSSR count). The molecule has 0 aliphatic carbocycles. The van der Waals surface area contributed by atoms with E-state index in [9.17, 15) is 14.0 Å². The van der Waals surface area contributed by atoms with Gasteiger partial charge in [-0.1, -0.05) is 6.07 Å². The Labute approximate surface area is 104 Å². The third-order valence-electron chi connectivity index (χ3n) is 2.33. The molecule has 0 fully saturated rings. The van der Waals surface area contributed by atoms with Crippen LogP contribution in [0.2, 0.25) is 0 Å². The van der Waals surface area contributed by atoms with Gasteiger partial charge in [-0.05, 0) is 26.0 Å². The van der Waals surface area contributed by atoms with Crippen LogP contribution in [-0.4, -0.2) is 22.5 Å². The molecule has 0 atom stereocenters. The van der Waals surface area contributed by atoms with Crippen molar-refractivity contribution < 1.29 is 19.1 Å². The molecule has 4 N–H and O–H groups in total. The van der Waals surface area contributed by atoms with Gasteiger partial charge in [-0.15, -0.1) is 0 Å². The van der Waals surface area contributed by atoms with Gasteiger partial charge in [0.25, 0.3) is 5.91 Å². The van der Waals surface area contributed by atoms with E-state index in [1.54, 1.807) is 13.8 Å². The van der Waals surface area contributed by atoms with Crippen molar-refractivity contribution in [2.45, 2.75) is 25.8 Å². The Morgan fingerprint density at radius 3 is 2.56 bits per heavy atom. The number of anilines is 1. The largest absolute Gasteiger partial charge is 0.481 e. The van der Waals surface area contributed by atoms with E-state index in [0.717, 1.165) is 6.07 Å². The molecule has 0 saturated heterocycles. The minimum Gasteiger partial charge on any atom is -0.481 e. The van der Waals surface area contributed by atoms with Crippen LogP contribution in [0.25, 0.3) is 0 Å². The van der Waals surface area contributed by atoms with Gasteiger partial charge < -0.3 is 16.2 Å². The number of nitrogens with two attached hydrogens (primary N) is 1. The fourth-order valence-corrected chi connectivity index (χ4v) is 1.67. The summed E-state index contributed by atoms with van der Waals surface area (Å²) in [6.07, 6.45) is -0.179. The summed E-state index contributed by atoms with van der Waals surface area (Å²) in [5.74, 6) is -2.63. The lowest BCUT2D eigenvalue weighted by Gasteiger charge is -2.26. The van der Waals surface area contributed by atoms with Crippen molar-refractivity contribution in [3.05, 3.63) is 29.6 Å². The van der Waals surface area contributed by atoms with Gasteiger partial charge in [-0.25, -0.2) is 4.39 Å². The number of carbonyl (C=O) groups is 2. The zero-order valence-electron chi connectivity index (χ0n) is 10.2. The SMILES string of the molecule is CC(C)(CC(=O)O)Nc1cccc(F)c1C(N)=O. The maximum atomic E-state index is 13.5. The number of amides is 1. The predicted molar refractivity (Wildman–Crippen MR) is 64.9 cm³/mol. The van der Waals surface area contributed by atoms with Crippen LogP contribution in [-0.2, 0) is 4.79 Å². The lowest BCUT2D eigenvalue weighted by molar-refractivity contribution is -0.137. The molecule has 0 aliphatic rings. The minimum absolute atomic E-state index is 0.179. The Morgan fingerprint density at radius 1 is 1.44 bits per heavy atom. The van der Waals surface area contributed by atoms with Gasteiger partial charge in [0.15, 0.2) is 0 Å². The monoisotopic (exact) mass is 254 g/mol. The first kappa shape index (κ1) is 14.0. The summed E-state index contributed by atoms with van der Waals surface area (Å²) in [7, 11) is 0. The Kier molecular flexibility index (Phi) is 3.90. The van der Waals surface area contributed by atoms with Crippen molar-refractivity contribution in [3.63, 3.8) is 0 Å². The van der Waals surface area contributed by atoms with Crippen molar-refractivity contribution in [2.24, 2.45) is 5.73 Å². The zero-order chi connectivity index (χ0) is 13.9. The minimum atomic E-state index is -0.996. The molecule has 0 saturated carbocycles. The first-order valence-electron chi connectivity index (χ1n) is 5.31. The van der Waals surface area contributed by atoms with E-state index in [2.05, 4.69) is 5.32 Å². The number of nitrogens with one attached hydrogen (secondary N) is 1. The molecule has 6 heteroatoms. The summed E-state index contributed by atoms with van der Waals surface area (Å²) in [6, 6.07) is 4.02. The van der Waals surface area contributed by atoms with Crippen LogP contribution < -0.4 is 11.1 Å². The Hall–Kier alpha value is -2.11. The average Bonchev–Trinajstić information content (AvgIpc) is 2.13. The van der Waals surface area contributed by atoms with Gasteiger partial charge in [0.1, 0.15) is 5.82 Å². The van der Waals surface area contributed by atoms with Gasteiger partial charge in [0.2, 0.25) is 0 Å². The smallest absolute Gasteiger partial charge is 0.305 e. The fraction of sp³-hybridized carbons (Fsp3) is 0.333. The van der Waals surface area contributed by atoms with Crippen LogP contribution in [0.5, 0.6) is 0 Å². The number of carboxylic acid groups (broad SMARTS) is 1. The van der Waals surface area contributed by atoms with Crippen molar-refractivity contribution in [2.75, 3.05) is 5.32 Å². The first-order chi connectivity index (χ1) is 8.23. The molecule has 0 aromatic heterocycles. The Morgan fingerprint density at radius 2 is 2.06 bits per heavy atom. The van der Waals surface area contributed by atoms with Gasteiger partial charge in [0, 0.05) is 5.54 Å². The predicted octanol–water partition coefficient (Wildman–Crippen LogP) is 1.59. The molecule has 0 heterocycles. The molecule has 5 nitrogen and oxygen atoms in total. The zero-order valence-corrected chi connectivity index (χ0v) is 10.2. The van der Waals surface area contributed by atoms with Crippen LogP contribution in [0.3, 0.4) is 0 Å². The van der Waals surface area contributed by atoms with Gasteiger partial charge in [0.05, 0.1) is 17.7 Å². The third kappa shape index (κ3) is 3.44. The van der Waals surface area contributed by atoms with Crippen LogP contribution in [0.4, 0.5) is 10.1 Å². The highest BCUT2D eigenvalue weighted by Crippen LogP contribution is 2.23. The first-order valence-corrected chi connectivity index (χ1v) is 5.31. The average molecular weight is 254 g/mol. The fourth-order valence-electron chi connectivity index (χ4n) is 1.67. The second kappa shape index (κ2) is 5.03. The molecular formula is C12H15FN2O3. The molecule has 0 aliphatic heterocycles. The molecule has 0 bridgehead atoms. The molecular weight excluding hydrogens is 239 g/mol. The van der Waals surface area contributed by atoms with E-state index in [4.69, 9.17) is 10.8 Å². The van der Waals surface area contributed by atoms with Crippen molar-refractivity contribution in [1.29, 1.82) is 0 Å². The summed E-state index contributed by atoms with van der Waals surface area (Å²) < 4.78 is 13.5.